The number of nitrogens with zero attached hydrogens (tertiary/aromatic N) is 1. The highest BCUT2D eigenvalue weighted by Gasteiger charge is 2.39. The molecule has 0 aromatic carbocycles. The number of fused-ring (bicyclic) bond motifs is 1. The molecule has 0 saturated heterocycles. The van der Waals surface area contributed by atoms with Crippen molar-refractivity contribution in [2.75, 3.05) is 26.5 Å². The summed E-state index contributed by atoms with van der Waals surface area (Å²) in [5, 5.41) is 19.8. The lowest BCUT2D eigenvalue weighted by Gasteiger charge is -2.40. The molecule has 4 N–H and O–H groups in total. The molecule has 1 amide bonds. The van der Waals surface area contributed by atoms with Crippen LogP contribution in [-0.4, -0.2) is 54.0 Å². The summed E-state index contributed by atoms with van der Waals surface area (Å²) >= 11 is 0. The summed E-state index contributed by atoms with van der Waals surface area (Å²) in [7, 11) is 0. The molecule has 7 nitrogen and oxygen atoms in total. The first-order valence-electron chi connectivity index (χ1n) is 11.5. The van der Waals surface area contributed by atoms with Crippen molar-refractivity contribution < 1.29 is 14.6 Å². The Labute approximate surface area is 181 Å². The summed E-state index contributed by atoms with van der Waals surface area (Å²) in [5.74, 6) is 2.04. The van der Waals surface area contributed by atoms with E-state index in [0.29, 0.717) is 30.1 Å². The van der Waals surface area contributed by atoms with Gasteiger partial charge in [0.05, 0.1) is 19.3 Å². The zero-order chi connectivity index (χ0) is 21.9. The third-order valence-corrected chi connectivity index (χ3v) is 6.85. The molecule has 170 valence electrons. The van der Waals surface area contributed by atoms with Crippen molar-refractivity contribution in [1.29, 1.82) is 0 Å². The number of ether oxygens (including phenoxy) is 1. The Morgan fingerprint density at radius 2 is 2.17 bits per heavy atom. The summed E-state index contributed by atoms with van der Waals surface area (Å²) in [4.78, 5) is 15.2. The van der Waals surface area contributed by atoms with Gasteiger partial charge in [0.1, 0.15) is 11.5 Å². The van der Waals surface area contributed by atoms with E-state index < -0.39 is 0 Å². The smallest absolute Gasteiger partial charge is 0.271 e. The number of aliphatic hydroxyl groups excluding tert-OH is 1. The second-order valence-electron chi connectivity index (χ2n) is 9.78. The molecule has 0 radical (unpaired) electrons. The van der Waals surface area contributed by atoms with Crippen LogP contribution in [0.5, 0.6) is 0 Å². The maximum Gasteiger partial charge on any atom is 0.271 e. The number of hydrogen-bond acceptors (Lipinski definition) is 6. The van der Waals surface area contributed by atoms with Crippen molar-refractivity contribution in [1.82, 2.24) is 20.9 Å². The maximum absolute atomic E-state index is 13.3. The molecular formula is C23H40N4O3. The van der Waals surface area contributed by atoms with Crippen LogP contribution in [0, 0.1) is 17.8 Å². The minimum Gasteiger partial charge on any atom is -0.390 e. The number of carbonyl (C=O) groups is 1. The molecule has 3 aliphatic rings. The number of amides is 1. The van der Waals surface area contributed by atoms with E-state index in [0.717, 1.165) is 37.6 Å². The van der Waals surface area contributed by atoms with Crippen molar-refractivity contribution in [3.05, 3.63) is 23.3 Å². The normalized spacial score (nSPS) is 26.8. The summed E-state index contributed by atoms with van der Waals surface area (Å²) in [6.07, 6.45) is 6.67. The second-order valence-corrected chi connectivity index (χ2v) is 9.78. The molecule has 1 fully saturated rings. The van der Waals surface area contributed by atoms with Gasteiger partial charge in [-0.25, -0.2) is 0 Å². The molecule has 1 saturated carbocycles. The van der Waals surface area contributed by atoms with Crippen molar-refractivity contribution >= 4 is 5.91 Å². The van der Waals surface area contributed by atoms with E-state index in [9.17, 15) is 9.90 Å². The van der Waals surface area contributed by atoms with Crippen LogP contribution in [0.15, 0.2) is 23.3 Å². The average Bonchev–Trinajstić information content (AvgIpc) is 3.15. The zero-order valence-corrected chi connectivity index (χ0v) is 19.3. The average molecular weight is 421 g/mol. The van der Waals surface area contributed by atoms with E-state index in [2.05, 4.69) is 49.7 Å². The highest BCUT2D eigenvalue weighted by atomic mass is 16.5. The van der Waals surface area contributed by atoms with Gasteiger partial charge in [-0.1, -0.05) is 20.3 Å². The number of hydrogen-bond donors (Lipinski definition) is 4. The van der Waals surface area contributed by atoms with Crippen LogP contribution in [0.1, 0.15) is 60.3 Å². The first-order chi connectivity index (χ1) is 14.3. The lowest BCUT2D eigenvalue weighted by Crippen LogP contribution is -2.52. The highest BCUT2D eigenvalue weighted by Crippen LogP contribution is 2.36. The molecule has 3 unspecified atom stereocenters. The summed E-state index contributed by atoms with van der Waals surface area (Å²) in [6.45, 7) is 12.6. The zero-order valence-electron chi connectivity index (χ0n) is 19.3. The molecule has 2 heterocycles. The van der Waals surface area contributed by atoms with Gasteiger partial charge in [0, 0.05) is 24.4 Å². The lowest BCUT2D eigenvalue weighted by atomic mass is 9.72. The van der Waals surface area contributed by atoms with E-state index in [1.807, 2.05) is 11.8 Å². The van der Waals surface area contributed by atoms with Crippen LogP contribution in [0.25, 0.3) is 0 Å². The standard InChI is InChI=1S/C23H40N4O3/c1-6-30-13-16-8-7-9-17(10-16)23(4,5)26-22(29)20-21-25-19(15(2)3)11-18(12-28)27(21)14-24-20/h11,15-17,19,24-25,28H,6-10,12-14H2,1-5H3,(H,26,29). The molecule has 0 aromatic heterocycles. The molecule has 0 aromatic rings. The monoisotopic (exact) mass is 420 g/mol. The summed E-state index contributed by atoms with van der Waals surface area (Å²) < 4.78 is 5.66. The van der Waals surface area contributed by atoms with Crippen LogP contribution in [-0.2, 0) is 9.53 Å². The SMILES string of the molecule is CCOCC1CCCC(C(C)(C)NC(=O)C2=C3NC(C(C)C)C=C(CO)N3CN2)C1. The van der Waals surface area contributed by atoms with Gasteiger partial charge in [0.15, 0.2) is 0 Å². The van der Waals surface area contributed by atoms with E-state index in [1.165, 1.54) is 12.8 Å². The van der Waals surface area contributed by atoms with Gasteiger partial charge >= 0.3 is 0 Å². The third kappa shape index (κ3) is 4.94. The van der Waals surface area contributed by atoms with Crippen LogP contribution in [0.2, 0.25) is 0 Å². The van der Waals surface area contributed by atoms with Crippen molar-refractivity contribution in [2.24, 2.45) is 17.8 Å². The Morgan fingerprint density at radius 3 is 2.83 bits per heavy atom. The predicted octanol–water partition coefficient (Wildman–Crippen LogP) is 2.26. The van der Waals surface area contributed by atoms with Crippen LogP contribution >= 0.6 is 0 Å². The van der Waals surface area contributed by atoms with Crippen LogP contribution < -0.4 is 16.0 Å². The minimum absolute atomic E-state index is 0.0419. The van der Waals surface area contributed by atoms with Gasteiger partial charge in [-0.15, -0.1) is 0 Å². The van der Waals surface area contributed by atoms with Gasteiger partial charge in [0.25, 0.3) is 5.91 Å². The molecule has 1 aliphatic carbocycles. The Kier molecular flexibility index (Phi) is 7.34. The predicted molar refractivity (Wildman–Crippen MR) is 118 cm³/mol. The number of nitrogens with one attached hydrogen (secondary N) is 3. The number of aliphatic hydroxyl groups is 1. The highest BCUT2D eigenvalue weighted by molar-refractivity contribution is 5.94. The van der Waals surface area contributed by atoms with Crippen molar-refractivity contribution in [2.45, 2.75) is 71.9 Å². The van der Waals surface area contributed by atoms with Gasteiger partial charge in [-0.2, -0.15) is 0 Å². The van der Waals surface area contributed by atoms with Gasteiger partial charge in [0.2, 0.25) is 0 Å². The fourth-order valence-electron chi connectivity index (χ4n) is 4.87. The van der Waals surface area contributed by atoms with Crippen molar-refractivity contribution in [3.63, 3.8) is 0 Å². The minimum atomic E-state index is -0.299. The quantitative estimate of drug-likeness (QED) is 0.482. The Hall–Kier alpha value is -1.73. The number of carbonyl (C=O) groups excluding carboxylic acids is 1. The molecule has 2 aliphatic heterocycles. The lowest BCUT2D eigenvalue weighted by molar-refractivity contribution is -0.120. The topological polar surface area (TPSA) is 85.9 Å². The molecule has 3 rings (SSSR count). The second kappa shape index (κ2) is 9.60. The first-order valence-corrected chi connectivity index (χ1v) is 11.5. The van der Waals surface area contributed by atoms with Crippen molar-refractivity contribution in [3.8, 4) is 0 Å². The molecular weight excluding hydrogens is 380 g/mol. The van der Waals surface area contributed by atoms with Crippen LogP contribution in [0.3, 0.4) is 0 Å². The Bertz CT molecular complexity index is 686. The molecule has 0 bridgehead atoms. The third-order valence-electron chi connectivity index (χ3n) is 6.85. The fraction of sp³-hybridized carbons (Fsp3) is 0.783. The van der Waals surface area contributed by atoms with E-state index in [1.54, 1.807) is 0 Å². The number of rotatable bonds is 8. The summed E-state index contributed by atoms with van der Waals surface area (Å²) in [5.41, 5.74) is 1.10. The molecule has 7 heteroatoms. The van der Waals surface area contributed by atoms with E-state index in [-0.39, 0.29) is 24.1 Å². The van der Waals surface area contributed by atoms with E-state index >= 15 is 0 Å². The Balaban J connectivity index is 1.71. The molecule has 0 spiro atoms. The first kappa shape index (κ1) is 22.9. The Morgan fingerprint density at radius 1 is 1.40 bits per heavy atom. The fourth-order valence-corrected chi connectivity index (χ4v) is 4.87. The maximum atomic E-state index is 13.3. The van der Waals surface area contributed by atoms with Gasteiger partial charge < -0.3 is 30.7 Å². The summed E-state index contributed by atoms with van der Waals surface area (Å²) in [6, 6.07) is 0.0896. The van der Waals surface area contributed by atoms with Gasteiger partial charge in [-0.05, 0) is 63.9 Å². The largest absolute Gasteiger partial charge is 0.390 e. The molecule has 3 atom stereocenters. The molecule has 30 heavy (non-hydrogen) atoms. The van der Waals surface area contributed by atoms with Crippen LogP contribution in [0.4, 0.5) is 0 Å². The van der Waals surface area contributed by atoms with E-state index in [4.69, 9.17) is 4.74 Å². The van der Waals surface area contributed by atoms with Gasteiger partial charge in [-0.3, -0.25) is 4.79 Å².